The van der Waals surface area contributed by atoms with E-state index in [2.05, 4.69) is 146 Å². The monoisotopic (exact) mass is 606 g/mol. The van der Waals surface area contributed by atoms with Crippen molar-refractivity contribution in [3.63, 3.8) is 0 Å². The molecule has 5 aromatic carbocycles. The zero-order valence-corrected chi connectivity index (χ0v) is 26.6. The first kappa shape index (κ1) is 27.8. The van der Waals surface area contributed by atoms with Gasteiger partial charge in [0.2, 0.25) is 0 Å². The number of hydrogen-bond donors (Lipinski definition) is 0. The highest BCUT2D eigenvalue weighted by Crippen LogP contribution is 2.73. The number of para-hydroxylation sites is 2. The van der Waals surface area contributed by atoms with Crippen molar-refractivity contribution >= 4 is 37.7 Å². The standard InChI is InChI=1S/C40H36N2P2/c1-5-15-29(16-6-1)35-25-26-36(30-17-7-2-8-18-30)43(35)39-40(42-34-24-14-13-23-33(34)41-39)44-37(31-19-9-3-10-20-31)27-28-38(44)32-21-11-4-12-22-32/h1-24,35-38H,25-28H2. The van der Waals surface area contributed by atoms with Crippen LogP contribution in [0, 0.1) is 0 Å². The quantitative estimate of drug-likeness (QED) is 0.176. The summed E-state index contributed by atoms with van der Waals surface area (Å²) >= 11 is 0. The molecule has 2 aliphatic heterocycles. The molecule has 44 heavy (non-hydrogen) atoms. The van der Waals surface area contributed by atoms with Crippen LogP contribution < -0.4 is 10.9 Å². The van der Waals surface area contributed by atoms with E-state index in [9.17, 15) is 0 Å². The molecule has 3 heterocycles. The van der Waals surface area contributed by atoms with Crippen LogP contribution in [0.5, 0.6) is 0 Å². The lowest BCUT2D eigenvalue weighted by molar-refractivity contribution is 0.765. The van der Waals surface area contributed by atoms with Gasteiger partial charge in [-0.05, 0) is 75.9 Å². The fourth-order valence-corrected chi connectivity index (χ4v) is 15.0. The molecule has 2 aliphatic rings. The average Bonchev–Trinajstić information content (AvgIpc) is 3.75. The van der Waals surface area contributed by atoms with Crippen LogP contribution in [-0.4, -0.2) is 9.97 Å². The molecule has 8 rings (SSSR count). The number of aromatic nitrogens is 2. The van der Waals surface area contributed by atoms with E-state index in [-0.39, 0.29) is 0 Å². The fourth-order valence-electron chi connectivity index (χ4n) is 7.55. The maximum absolute atomic E-state index is 5.69. The Bertz CT molecular complexity index is 1610. The Labute approximate surface area is 263 Å². The summed E-state index contributed by atoms with van der Waals surface area (Å²) in [4.78, 5) is 11.4. The second kappa shape index (κ2) is 12.4. The Morgan fingerprint density at radius 3 is 0.864 bits per heavy atom. The third kappa shape index (κ3) is 5.19. The van der Waals surface area contributed by atoms with E-state index in [0.29, 0.717) is 22.6 Å². The summed E-state index contributed by atoms with van der Waals surface area (Å²) in [5.41, 5.74) is 12.4. The molecule has 0 saturated carbocycles. The highest BCUT2D eigenvalue weighted by atomic mass is 31.1. The Morgan fingerprint density at radius 2 is 0.591 bits per heavy atom. The molecular weight excluding hydrogens is 570 g/mol. The number of fused-ring (bicyclic) bond motifs is 1. The van der Waals surface area contributed by atoms with Gasteiger partial charge in [0.25, 0.3) is 0 Å². The molecule has 6 aromatic rings. The molecule has 1 aromatic heterocycles. The van der Waals surface area contributed by atoms with Crippen LogP contribution in [0.3, 0.4) is 0 Å². The smallest absolute Gasteiger partial charge is 0.0909 e. The van der Waals surface area contributed by atoms with E-state index in [1.54, 1.807) is 0 Å². The normalized spacial score (nSPS) is 24.9. The van der Waals surface area contributed by atoms with Gasteiger partial charge in [0.1, 0.15) is 0 Å². The lowest BCUT2D eigenvalue weighted by Crippen LogP contribution is -2.31. The topological polar surface area (TPSA) is 25.8 Å². The SMILES string of the molecule is c1ccc(C2CCC(c3ccccc3)P2c2nc3ccccc3nc2P2C(c3ccccc3)CCC2c2ccccc2)cc1. The van der Waals surface area contributed by atoms with Crippen molar-refractivity contribution in [3.05, 3.63) is 168 Å². The molecule has 4 unspecified atom stereocenters. The first-order chi connectivity index (χ1) is 21.8. The summed E-state index contributed by atoms with van der Waals surface area (Å²) in [7, 11) is -1.33. The molecule has 0 radical (unpaired) electrons. The summed E-state index contributed by atoms with van der Waals surface area (Å²) in [6, 6.07) is 53.6. The second-order valence-electron chi connectivity index (χ2n) is 12.0. The van der Waals surface area contributed by atoms with Gasteiger partial charge in [-0.25, -0.2) is 9.97 Å². The lowest BCUT2D eigenvalue weighted by atomic mass is 10.0. The lowest BCUT2D eigenvalue weighted by Gasteiger charge is -2.32. The molecule has 4 heteroatoms. The second-order valence-corrected chi connectivity index (χ2v) is 17.0. The van der Waals surface area contributed by atoms with Gasteiger partial charge in [-0.3, -0.25) is 0 Å². The summed E-state index contributed by atoms with van der Waals surface area (Å²) in [6.45, 7) is 0. The van der Waals surface area contributed by atoms with E-state index < -0.39 is 15.8 Å². The molecular formula is C40H36N2P2. The van der Waals surface area contributed by atoms with Crippen molar-refractivity contribution in [1.29, 1.82) is 0 Å². The molecule has 0 aliphatic carbocycles. The molecule has 0 amide bonds. The highest BCUT2D eigenvalue weighted by molar-refractivity contribution is 7.72. The van der Waals surface area contributed by atoms with Gasteiger partial charge in [0, 0.05) is 22.6 Å². The minimum absolute atomic E-state index is 0.466. The van der Waals surface area contributed by atoms with Gasteiger partial charge in [-0.15, -0.1) is 0 Å². The van der Waals surface area contributed by atoms with Crippen LogP contribution in [0.15, 0.2) is 146 Å². The highest BCUT2D eigenvalue weighted by Gasteiger charge is 2.46. The van der Waals surface area contributed by atoms with E-state index in [1.165, 1.54) is 58.8 Å². The number of rotatable bonds is 6. The number of nitrogens with zero attached hydrogens (tertiary/aromatic N) is 2. The zero-order valence-electron chi connectivity index (χ0n) is 24.8. The third-order valence-electron chi connectivity index (χ3n) is 9.53. The van der Waals surface area contributed by atoms with Crippen molar-refractivity contribution in [1.82, 2.24) is 9.97 Å². The molecule has 216 valence electrons. The Balaban J connectivity index is 1.37. The Morgan fingerprint density at radius 1 is 0.341 bits per heavy atom. The summed E-state index contributed by atoms with van der Waals surface area (Å²) in [6.07, 6.45) is 4.74. The average molecular weight is 607 g/mol. The van der Waals surface area contributed by atoms with Gasteiger partial charge in [0.15, 0.2) is 0 Å². The Kier molecular flexibility index (Phi) is 7.81. The van der Waals surface area contributed by atoms with Gasteiger partial charge >= 0.3 is 0 Å². The summed E-state index contributed by atoms with van der Waals surface area (Å²) in [5.74, 6) is 0. The molecule has 0 bridgehead atoms. The minimum atomic E-state index is -0.663. The number of hydrogen-bond acceptors (Lipinski definition) is 2. The molecule has 4 atom stereocenters. The first-order valence-electron chi connectivity index (χ1n) is 15.9. The van der Waals surface area contributed by atoms with Crippen LogP contribution in [0.4, 0.5) is 0 Å². The molecule has 2 fully saturated rings. The van der Waals surface area contributed by atoms with Crippen LogP contribution in [0.1, 0.15) is 70.6 Å². The zero-order chi connectivity index (χ0) is 29.3. The molecule has 2 saturated heterocycles. The van der Waals surface area contributed by atoms with Crippen molar-refractivity contribution in [3.8, 4) is 0 Å². The van der Waals surface area contributed by atoms with Crippen LogP contribution in [-0.2, 0) is 0 Å². The molecule has 2 nitrogen and oxygen atoms in total. The van der Waals surface area contributed by atoms with E-state index in [1.807, 2.05) is 0 Å². The van der Waals surface area contributed by atoms with Gasteiger partial charge in [-0.2, -0.15) is 0 Å². The van der Waals surface area contributed by atoms with Crippen molar-refractivity contribution in [2.45, 2.75) is 48.3 Å². The molecule has 0 N–H and O–H groups in total. The maximum Gasteiger partial charge on any atom is 0.0909 e. The predicted octanol–water partition coefficient (Wildman–Crippen LogP) is 10.4. The van der Waals surface area contributed by atoms with Crippen molar-refractivity contribution in [2.75, 3.05) is 0 Å². The van der Waals surface area contributed by atoms with Crippen molar-refractivity contribution < 1.29 is 0 Å². The van der Waals surface area contributed by atoms with Gasteiger partial charge in [-0.1, -0.05) is 133 Å². The van der Waals surface area contributed by atoms with Crippen LogP contribution in [0.25, 0.3) is 11.0 Å². The van der Waals surface area contributed by atoms with Crippen molar-refractivity contribution in [2.24, 2.45) is 0 Å². The van der Waals surface area contributed by atoms with Crippen LogP contribution >= 0.6 is 15.8 Å². The van der Waals surface area contributed by atoms with E-state index in [4.69, 9.17) is 9.97 Å². The van der Waals surface area contributed by atoms with Gasteiger partial charge < -0.3 is 0 Å². The van der Waals surface area contributed by atoms with Gasteiger partial charge in [0.05, 0.1) is 21.9 Å². The minimum Gasteiger partial charge on any atom is -0.244 e. The van der Waals surface area contributed by atoms with Crippen LogP contribution in [0.2, 0.25) is 0 Å². The summed E-state index contributed by atoms with van der Waals surface area (Å²) < 4.78 is 0. The summed E-state index contributed by atoms with van der Waals surface area (Å²) in [5, 5.41) is 0. The predicted molar refractivity (Wildman–Crippen MR) is 188 cm³/mol. The Hall–Kier alpha value is -3.70. The largest absolute Gasteiger partial charge is 0.244 e. The fraction of sp³-hybridized carbons (Fsp3) is 0.200. The van der Waals surface area contributed by atoms with E-state index in [0.717, 1.165) is 11.0 Å². The van der Waals surface area contributed by atoms with E-state index >= 15 is 0 Å². The maximum atomic E-state index is 5.69. The molecule has 0 spiro atoms. The first-order valence-corrected chi connectivity index (χ1v) is 18.8. The number of benzene rings is 5. The third-order valence-corrected chi connectivity index (χ3v) is 16.2.